The Morgan fingerprint density at radius 1 is 1.24 bits per heavy atom. The minimum Gasteiger partial charge on any atom is -0.380 e. The smallest absolute Gasteiger partial charge is 0.259 e. The lowest BCUT2D eigenvalue weighted by Crippen LogP contribution is -2.11. The molecule has 6 nitrogen and oxygen atoms in total. The molecule has 0 atom stereocenters. The van der Waals surface area contributed by atoms with Gasteiger partial charge in [0.2, 0.25) is 0 Å². The van der Waals surface area contributed by atoms with E-state index in [-0.39, 0.29) is 5.91 Å². The second-order valence-electron chi connectivity index (χ2n) is 8.28. The molecule has 1 aliphatic carbocycles. The fourth-order valence-electron chi connectivity index (χ4n) is 3.95. The van der Waals surface area contributed by atoms with Gasteiger partial charge in [0.25, 0.3) is 5.91 Å². The average molecular weight is 459 g/mol. The Kier molecular flexibility index (Phi) is 6.24. The lowest BCUT2D eigenvalue weighted by atomic mass is 10.1. The van der Waals surface area contributed by atoms with Crippen molar-refractivity contribution in [3.05, 3.63) is 83.6 Å². The number of aromatic nitrogens is 3. The lowest BCUT2D eigenvalue weighted by molar-refractivity contribution is 0.102. The van der Waals surface area contributed by atoms with Gasteiger partial charge in [-0.3, -0.25) is 10.1 Å². The normalized spacial score (nSPS) is 13.1. The highest BCUT2D eigenvalue weighted by Gasteiger charge is 2.24. The fraction of sp³-hybridized carbons (Fsp3) is 0.231. The molecule has 0 bridgehead atoms. The summed E-state index contributed by atoms with van der Waals surface area (Å²) in [6.45, 7) is 1.54. The maximum Gasteiger partial charge on any atom is 0.259 e. The molecule has 168 valence electrons. The van der Waals surface area contributed by atoms with Crippen molar-refractivity contribution in [3.8, 4) is 0 Å². The number of thiazole rings is 1. The number of benzene rings is 2. The first kappa shape index (κ1) is 21.4. The monoisotopic (exact) mass is 458 g/mol. The number of hydrogen-bond donors (Lipinski definition) is 2. The van der Waals surface area contributed by atoms with Gasteiger partial charge in [-0.1, -0.05) is 30.3 Å². The summed E-state index contributed by atoms with van der Waals surface area (Å²) in [5.74, 6) is 0.630. The molecule has 0 spiro atoms. The summed E-state index contributed by atoms with van der Waals surface area (Å²) in [5, 5.41) is 7.61. The molecule has 6 rings (SSSR count). The number of anilines is 1. The zero-order chi connectivity index (χ0) is 22.6. The Labute approximate surface area is 196 Å². The number of fused-ring (bicyclic) bond motifs is 2. The first-order valence-corrected chi connectivity index (χ1v) is 11.9. The van der Waals surface area contributed by atoms with Crippen LogP contribution in [0.3, 0.4) is 0 Å². The maximum absolute atomic E-state index is 12.7. The quantitative estimate of drug-likeness (QED) is 0.324. The second kappa shape index (κ2) is 9.60. The number of hydrogen-bond acceptors (Lipinski definition) is 4. The maximum atomic E-state index is 12.7. The van der Waals surface area contributed by atoms with Crippen molar-refractivity contribution in [2.24, 2.45) is 5.92 Å². The van der Waals surface area contributed by atoms with E-state index in [0.717, 1.165) is 28.9 Å². The summed E-state index contributed by atoms with van der Waals surface area (Å²) in [6.07, 6.45) is 8.16. The molecule has 5 aromatic rings. The number of nitrogens with one attached hydrogen (secondary N) is 2. The predicted octanol–water partition coefficient (Wildman–Crippen LogP) is 6.07. The molecular weight excluding hydrogens is 432 g/mol. The Bertz CT molecular complexity index is 1340. The highest BCUT2D eigenvalue weighted by molar-refractivity contribution is 7.13. The molecule has 1 fully saturated rings. The molecule has 7 heteroatoms. The van der Waals surface area contributed by atoms with E-state index in [1.165, 1.54) is 35.1 Å². The molecule has 0 aliphatic heterocycles. The summed E-state index contributed by atoms with van der Waals surface area (Å²) in [4.78, 5) is 19.9. The van der Waals surface area contributed by atoms with Crippen LogP contribution in [0.1, 0.15) is 28.8 Å². The number of aromatic amines is 1. The van der Waals surface area contributed by atoms with Gasteiger partial charge in [-0.25, -0.2) is 4.98 Å². The molecule has 3 heterocycles. The van der Waals surface area contributed by atoms with Crippen LogP contribution in [0.2, 0.25) is 0 Å². The van der Waals surface area contributed by atoms with Crippen LogP contribution in [0.25, 0.3) is 21.8 Å². The first-order chi connectivity index (χ1) is 16.2. The van der Waals surface area contributed by atoms with Crippen LogP contribution >= 0.6 is 11.3 Å². The van der Waals surface area contributed by atoms with Crippen molar-refractivity contribution < 1.29 is 9.53 Å². The number of carbonyl (C=O) groups is 1. The third kappa shape index (κ3) is 4.99. The van der Waals surface area contributed by atoms with Gasteiger partial charge in [0.1, 0.15) is 0 Å². The lowest BCUT2D eigenvalue weighted by Gasteiger charge is -2.05. The van der Waals surface area contributed by atoms with E-state index in [2.05, 4.69) is 44.1 Å². The number of para-hydroxylation sites is 1. The van der Waals surface area contributed by atoms with Gasteiger partial charge in [-0.05, 0) is 47.9 Å². The molecular formula is C26H26N4O2S. The van der Waals surface area contributed by atoms with Gasteiger partial charge in [0.15, 0.2) is 5.13 Å². The van der Waals surface area contributed by atoms with Crippen molar-refractivity contribution in [3.63, 3.8) is 0 Å². The van der Waals surface area contributed by atoms with E-state index in [4.69, 9.17) is 4.74 Å². The van der Waals surface area contributed by atoms with Gasteiger partial charge >= 0.3 is 0 Å². The second-order valence-corrected chi connectivity index (χ2v) is 9.17. The van der Waals surface area contributed by atoms with Crippen molar-refractivity contribution in [1.82, 2.24) is 14.5 Å². The fourth-order valence-corrected chi connectivity index (χ4v) is 4.47. The molecule has 1 saturated carbocycles. The van der Waals surface area contributed by atoms with Crippen molar-refractivity contribution in [2.75, 3.05) is 12.4 Å². The highest BCUT2D eigenvalue weighted by Crippen LogP contribution is 2.33. The van der Waals surface area contributed by atoms with Crippen molar-refractivity contribution >= 4 is 44.2 Å². The topological polar surface area (TPSA) is 71.9 Å². The van der Waals surface area contributed by atoms with Crippen LogP contribution in [-0.2, 0) is 17.9 Å². The van der Waals surface area contributed by atoms with Crippen LogP contribution in [-0.4, -0.2) is 27.6 Å². The minimum absolute atomic E-state index is 0.107. The number of ether oxygens (including phenoxy) is 1. The number of carbonyl (C=O) groups excluding carboxylic acids is 1. The van der Waals surface area contributed by atoms with Crippen LogP contribution in [0.5, 0.6) is 0 Å². The average Bonchev–Trinajstić information content (AvgIpc) is 3.19. The van der Waals surface area contributed by atoms with Gasteiger partial charge in [0, 0.05) is 54.0 Å². The highest BCUT2D eigenvalue weighted by atomic mass is 32.1. The van der Waals surface area contributed by atoms with Crippen LogP contribution < -0.4 is 5.32 Å². The zero-order valence-electron chi connectivity index (χ0n) is 18.5. The third-order valence-corrected chi connectivity index (χ3v) is 6.46. The van der Waals surface area contributed by atoms with Crippen molar-refractivity contribution in [1.29, 1.82) is 0 Å². The Hall–Kier alpha value is -3.42. The van der Waals surface area contributed by atoms with E-state index < -0.39 is 0 Å². The molecule has 33 heavy (non-hydrogen) atoms. The molecule has 1 aliphatic rings. The summed E-state index contributed by atoms with van der Waals surface area (Å²) in [7, 11) is 1.69. The van der Waals surface area contributed by atoms with Gasteiger partial charge in [-0.2, -0.15) is 0 Å². The standard InChI is InChI=1S/C18H19N3O2S.C8H7N/c1-23-11-13-4-5-14-15(17(22)20-18-19-6-7-24-18)10-21(16(14)8-13)9-12-2-3-12;1-2-4-8-7(3-1)5-6-9-8/h4-8,10,12H,2-3,9,11H2,1H3,(H,19,20,22);1-6,9H. The van der Waals surface area contributed by atoms with Crippen molar-refractivity contribution in [2.45, 2.75) is 26.0 Å². The van der Waals surface area contributed by atoms with Crippen LogP contribution in [0.4, 0.5) is 5.13 Å². The summed E-state index contributed by atoms with van der Waals surface area (Å²) in [6, 6.07) is 16.4. The molecule has 0 saturated heterocycles. The largest absolute Gasteiger partial charge is 0.380 e. The number of H-pyrrole nitrogens is 1. The number of methoxy groups -OCH3 is 1. The predicted molar refractivity (Wildman–Crippen MR) is 134 cm³/mol. The molecule has 3 aromatic heterocycles. The Balaban J connectivity index is 0.000000211. The summed E-state index contributed by atoms with van der Waals surface area (Å²) < 4.78 is 7.45. The Morgan fingerprint density at radius 3 is 2.88 bits per heavy atom. The Morgan fingerprint density at radius 2 is 2.12 bits per heavy atom. The number of rotatable bonds is 6. The van der Waals surface area contributed by atoms with Crippen LogP contribution in [0, 0.1) is 5.92 Å². The number of nitrogens with zero attached hydrogens (tertiary/aromatic N) is 2. The molecule has 0 radical (unpaired) electrons. The molecule has 1 amide bonds. The third-order valence-electron chi connectivity index (χ3n) is 5.77. The van der Waals surface area contributed by atoms with E-state index in [0.29, 0.717) is 17.3 Å². The van der Waals surface area contributed by atoms with E-state index in [1.807, 2.05) is 42.0 Å². The number of amides is 1. The SMILES string of the molecule is COCc1ccc2c(C(=O)Nc3nccs3)cn(CC3CC3)c2c1.c1ccc2[nH]ccc2c1. The molecule has 2 aromatic carbocycles. The first-order valence-electron chi connectivity index (χ1n) is 11.0. The molecule has 2 N–H and O–H groups in total. The molecule has 0 unspecified atom stereocenters. The van der Waals surface area contributed by atoms with Gasteiger partial charge < -0.3 is 14.3 Å². The zero-order valence-corrected chi connectivity index (χ0v) is 19.3. The van der Waals surface area contributed by atoms with Gasteiger partial charge in [0.05, 0.1) is 12.2 Å². The van der Waals surface area contributed by atoms with Gasteiger partial charge in [-0.15, -0.1) is 11.3 Å². The van der Waals surface area contributed by atoms with Crippen LogP contribution in [0.15, 0.2) is 72.5 Å². The van der Waals surface area contributed by atoms with E-state index >= 15 is 0 Å². The van der Waals surface area contributed by atoms with E-state index in [9.17, 15) is 4.79 Å². The van der Waals surface area contributed by atoms with E-state index in [1.54, 1.807) is 13.3 Å². The summed E-state index contributed by atoms with van der Waals surface area (Å²) in [5.41, 5.74) is 4.12. The minimum atomic E-state index is -0.107. The summed E-state index contributed by atoms with van der Waals surface area (Å²) >= 11 is 1.42.